The molecule has 80 valence electrons. The van der Waals surface area contributed by atoms with Crippen LogP contribution in [0.4, 0.5) is 0 Å². The van der Waals surface area contributed by atoms with E-state index in [-0.39, 0.29) is 0 Å². The lowest BCUT2D eigenvalue weighted by Crippen LogP contribution is -2.32. The molecule has 2 atom stereocenters. The maximum atomic E-state index is 3.54. The van der Waals surface area contributed by atoms with Crippen LogP contribution in [0.2, 0.25) is 0 Å². The standard InChI is InChI=1S/C14H19N/c1-10-3-4-13-12(7-10)8-11(2)14(13)5-6-15-9-14/h3-4,7,11,15H,5-6,8-9H2,1-2H3. The Hall–Kier alpha value is -0.820. The van der Waals surface area contributed by atoms with Crippen LogP contribution in [-0.2, 0) is 11.8 Å². The van der Waals surface area contributed by atoms with Crippen LogP contribution in [0.5, 0.6) is 0 Å². The summed E-state index contributed by atoms with van der Waals surface area (Å²) in [7, 11) is 0. The summed E-state index contributed by atoms with van der Waals surface area (Å²) in [5.74, 6) is 0.810. The van der Waals surface area contributed by atoms with Crippen LogP contribution >= 0.6 is 0 Å². The molecule has 3 rings (SSSR count). The molecule has 1 nitrogen and oxygen atoms in total. The molecule has 0 aromatic heterocycles. The molecule has 1 aliphatic heterocycles. The van der Waals surface area contributed by atoms with E-state index in [1.54, 1.807) is 11.1 Å². The maximum absolute atomic E-state index is 3.54. The van der Waals surface area contributed by atoms with E-state index in [1.165, 1.54) is 31.5 Å². The van der Waals surface area contributed by atoms with Crippen LogP contribution in [0.25, 0.3) is 0 Å². The van der Waals surface area contributed by atoms with Gasteiger partial charge in [-0.15, -0.1) is 0 Å². The van der Waals surface area contributed by atoms with Gasteiger partial charge in [0.15, 0.2) is 0 Å². The molecular weight excluding hydrogens is 182 g/mol. The predicted octanol–water partition coefficient (Wildman–Crippen LogP) is 2.42. The van der Waals surface area contributed by atoms with Gasteiger partial charge in [-0.2, -0.15) is 0 Å². The van der Waals surface area contributed by atoms with Crippen LogP contribution < -0.4 is 5.32 Å². The summed E-state index contributed by atoms with van der Waals surface area (Å²) in [6.45, 7) is 6.99. The fourth-order valence-corrected chi connectivity index (χ4v) is 3.53. The zero-order valence-corrected chi connectivity index (χ0v) is 9.64. The first-order valence-corrected chi connectivity index (χ1v) is 6.03. The van der Waals surface area contributed by atoms with Gasteiger partial charge in [-0.05, 0) is 43.4 Å². The van der Waals surface area contributed by atoms with Crippen molar-refractivity contribution in [2.24, 2.45) is 5.92 Å². The summed E-state index contributed by atoms with van der Waals surface area (Å²) in [5, 5.41) is 3.54. The number of rotatable bonds is 0. The Labute approximate surface area is 91.9 Å². The van der Waals surface area contributed by atoms with Crippen molar-refractivity contribution in [1.29, 1.82) is 0 Å². The smallest absolute Gasteiger partial charge is 0.0121 e. The average Bonchev–Trinajstić information content (AvgIpc) is 2.76. The Kier molecular flexibility index (Phi) is 1.93. The average molecular weight is 201 g/mol. The zero-order valence-electron chi connectivity index (χ0n) is 9.64. The molecule has 1 N–H and O–H groups in total. The van der Waals surface area contributed by atoms with E-state index >= 15 is 0 Å². The minimum atomic E-state index is 0.461. The van der Waals surface area contributed by atoms with Gasteiger partial charge in [0, 0.05) is 12.0 Å². The lowest BCUT2D eigenvalue weighted by atomic mass is 9.75. The highest BCUT2D eigenvalue weighted by atomic mass is 14.9. The number of hydrogen-bond donors (Lipinski definition) is 1. The summed E-state index contributed by atoms with van der Waals surface area (Å²) in [6, 6.07) is 7.04. The van der Waals surface area contributed by atoms with Crippen LogP contribution in [0.3, 0.4) is 0 Å². The topological polar surface area (TPSA) is 12.0 Å². The molecule has 0 radical (unpaired) electrons. The van der Waals surface area contributed by atoms with Crippen molar-refractivity contribution in [2.45, 2.75) is 32.1 Å². The van der Waals surface area contributed by atoms with Crippen molar-refractivity contribution < 1.29 is 0 Å². The highest BCUT2D eigenvalue weighted by Gasteiger charge is 2.45. The Morgan fingerprint density at radius 1 is 1.40 bits per heavy atom. The highest BCUT2D eigenvalue weighted by molar-refractivity contribution is 5.44. The van der Waals surface area contributed by atoms with Crippen molar-refractivity contribution in [3.8, 4) is 0 Å². The molecule has 0 saturated carbocycles. The van der Waals surface area contributed by atoms with E-state index in [0.717, 1.165) is 5.92 Å². The van der Waals surface area contributed by atoms with Gasteiger partial charge < -0.3 is 5.32 Å². The molecule has 1 aromatic rings. The third-order valence-corrected chi connectivity index (χ3v) is 4.45. The normalized spacial score (nSPS) is 33.6. The minimum absolute atomic E-state index is 0.461. The van der Waals surface area contributed by atoms with Gasteiger partial charge in [0.1, 0.15) is 0 Å². The molecule has 0 amide bonds. The molecule has 1 heterocycles. The van der Waals surface area contributed by atoms with Crippen LogP contribution in [0, 0.1) is 12.8 Å². The fourth-order valence-electron chi connectivity index (χ4n) is 3.53. The maximum Gasteiger partial charge on any atom is 0.0121 e. The van der Waals surface area contributed by atoms with E-state index in [2.05, 4.69) is 37.4 Å². The number of hydrogen-bond acceptors (Lipinski definition) is 1. The van der Waals surface area contributed by atoms with Crippen LogP contribution in [0.15, 0.2) is 18.2 Å². The first-order valence-electron chi connectivity index (χ1n) is 6.03. The first kappa shape index (κ1) is 9.41. The quantitative estimate of drug-likeness (QED) is 0.679. The van der Waals surface area contributed by atoms with Gasteiger partial charge in [-0.25, -0.2) is 0 Å². The van der Waals surface area contributed by atoms with Gasteiger partial charge >= 0.3 is 0 Å². The number of nitrogens with one attached hydrogen (secondary N) is 1. The number of fused-ring (bicyclic) bond motifs is 2. The Bertz CT molecular complexity index is 388. The molecule has 1 aromatic carbocycles. The largest absolute Gasteiger partial charge is 0.316 e. The third-order valence-electron chi connectivity index (χ3n) is 4.45. The highest BCUT2D eigenvalue weighted by Crippen LogP contribution is 2.47. The lowest BCUT2D eigenvalue weighted by molar-refractivity contribution is 0.344. The minimum Gasteiger partial charge on any atom is -0.316 e. The van der Waals surface area contributed by atoms with Crippen molar-refractivity contribution in [3.05, 3.63) is 34.9 Å². The Morgan fingerprint density at radius 2 is 2.27 bits per heavy atom. The van der Waals surface area contributed by atoms with Crippen molar-refractivity contribution >= 4 is 0 Å². The third kappa shape index (κ3) is 1.19. The van der Waals surface area contributed by atoms with Gasteiger partial charge in [0.2, 0.25) is 0 Å². The molecule has 1 spiro atoms. The van der Waals surface area contributed by atoms with Gasteiger partial charge in [0.25, 0.3) is 0 Å². The first-order chi connectivity index (χ1) is 7.22. The van der Waals surface area contributed by atoms with Crippen LogP contribution in [-0.4, -0.2) is 13.1 Å². The van der Waals surface area contributed by atoms with Gasteiger partial charge in [-0.3, -0.25) is 0 Å². The predicted molar refractivity (Wildman–Crippen MR) is 63.2 cm³/mol. The molecule has 2 unspecified atom stereocenters. The summed E-state index contributed by atoms with van der Waals surface area (Å²) in [6.07, 6.45) is 2.60. The summed E-state index contributed by atoms with van der Waals surface area (Å²) in [4.78, 5) is 0. The second kappa shape index (κ2) is 3.08. The van der Waals surface area contributed by atoms with E-state index in [9.17, 15) is 0 Å². The molecular formula is C14H19N. The molecule has 0 bridgehead atoms. The second-order valence-electron chi connectivity index (χ2n) is 5.35. The van der Waals surface area contributed by atoms with Gasteiger partial charge in [0.05, 0.1) is 0 Å². The molecule has 1 aliphatic carbocycles. The Morgan fingerprint density at radius 3 is 3.00 bits per heavy atom. The van der Waals surface area contributed by atoms with E-state index in [1.807, 2.05) is 0 Å². The molecule has 1 heteroatoms. The number of aryl methyl sites for hydroxylation is 1. The monoisotopic (exact) mass is 201 g/mol. The van der Waals surface area contributed by atoms with Crippen molar-refractivity contribution in [3.63, 3.8) is 0 Å². The van der Waals surface area contributed by atoms with E-state index in [4.69, 9.17) is 0 Å². The molecule has 1 fully saturated rings. The van der Waals surface area contributed by atoms with Crippen molar-refractivity contribution in [1.82, 2.24) is 5.32 Å². The van der Waals surface area contributed by atoms with Crippen molar-refractivity contribution in [2.75, 3.05) is 13.1 Å². The number of benzene rings is 1. The summed E-state index contributed by atoms with van der Waals surface area (Å²) < 4.78 is 0. The van der Waals surface area contributed by atoms with Gasteiger partial charge in [-0.1, -0.05) is 30.7 Å². The van der Waals surface area contributed by atoms with E-state index in [0.29, 0.717) is 5.41 Å². The Balaban J connectivity index is 2.13. The zero-order chi connectivity index (χ0) is 10.5. The second-order valence-corrected chi connectivity index (χ2v) is 5.35. The fraction of sp³-hybridized carbons (Fsp3) is 0.571. The van der Waals surface area contributed by atoms with Crippen LogP contribution in [0.1, 0.15) is 30.0 Å². The molecule has 2 aliphatic rings. The van der Waals surface area contributed by atoms with E-state index < -0.39 is 0 Å². The lowest BCUT2D eigenvalue weighted by Gasteiger charge is -2.29. The summed E-state index contributed by atoms with van der Waals surface area (Å²) >= 11 is 0. The molecule has 15 heavy (non-hydrogen) atoms. The molecule has 1 saturated heterocycles. The SMILES string of the molecule is Cc1ccc2c(c1)CC(C)C21CCNC1. The summed E-state index contributed by atoms with van der Waals surface area (Å²) in [5.41, 5.74) is 5.10.